The number of unbranched alkanes of at least 4 members (excludes halogenated alkanes) is 10. The van der Waals surface area contributed by atoms with Gasteiger partial charge in [0, 0.05) is 22.3 Å². The number of fused-ring (bicyclic) bond motifs is 14. The summed E-state index contributed by atoms with van der Waals surface area (Å²) >= 11 is 0. The fourth-order valence-corrected chi connectivity index (χ4v) is 10.9. The van der Waals surface area contributed by atoms with Gasteiger partial charge in [0.2, 0.25) is 0 Å². The Morgan fingerprint density at radius 2 is 0.620 bits per heavy atom. The minimum atomic E-state index is 0. The third-order valence-corrected chi connectivity index (χ3v) is 14.7. The lowest BCUT2D eigenvalue weighted by atomic mass is 9.92. The summed E-state index contributed by atoms with van der Waals surface area (Å²) in [4.78, 5) is 0. The second kappa shape index (κ2) is 26.4. The summed E-state index contributed by atoms with van der Waals surface area (Å²) in [7, 11) is 0. The summed E-state index contributed by atoms with van der Waals surface area (Å²) < 4.78 is 35.2. The van der Waals surface area contributed by atoms with Gasteiger partial charge in [0.15, 0.2) is 0 Å². The normalized spacial score (nSPS) is 14.5. The van der Waals surface area contributed by atoms with E-state index in [4.69, 9.17) is 23.7 Å². The average Bonchev–Trinajstić information content (AvgIpc) is 3.40. The van der Waals surface area contributed by atoms with E-state index in [1.54, 1.807) is 0 Å². The van der Waals surface area contributed by atoms with Gasteiger partial charge in [-0.05, 0) is 93.0 Å². The number of benzene rings is 8. The van der Waals surface area contributed by atoms with E-state index < -0.39 is 0 Å². The number of quaternary nitrogens is 1. The lowest BCUT2D eigenvalue weighted by Gasteiger charge is -2.39. The minimum absolute atomic E-state index is 0. The standard InChI is InChI=1S/C64H74NO5.HI/c1-3-5-7-9-11-21-39-65(40-22-12-10-8-6-4-2)41-43-67-57-35-31-49-23-13-17-27-53(49)61(57)63-55-29-19-15-25-51(55)33-37-59(63)69-47-45-66-46-48-70-60-38-34-52-26-16-20-30-56(52)64(60)62-54-28-18-14-24-50(54)32-36-58(62)68-44-42-65;/h13-20,23-38H,3-12,21-22,39-48H2,1-2H3;1H/q+1;/p-1. The van der Waals surface area contributed by atoms with Crippen molar-refractivity contribution in [2.75, 3.05) is 65.8 Å². The zero-order valence-electron chi connectivity index (χ0n) is 42.3. The smallest absolute Gasteiger partial charge is 0.137 e. The lowest BCUT2D eigenvalue weighted by molar-refractivity contribution is -0.928. The molecule has 0 aliphatic carbocycles. The van der Waals surface area contributed by atoms with Gasteiger partial charge in [0.05, 0.1) is 26.3 Å². The van der Waals surface area contributed by atoms with Crippen molar-refractivity contribution in [3.8, 4) is 45.3 Å². The van der Waals surface area contributed by atoms with E-state index in [0.29, 0.717) is 39.6 Å². The highest BCUT2D eigenvalue weighted by Gasteiger charge is 2.29. The molecule has 0 fully saturated rings. The van der Waals surface area contributed by atoms with E-state index >= 15 is 0 Å². The number of ether oxygens (including phenoxy) is 5. The molecule has 0 N–H and O–H groups in total. The van der Waals surface area contributed by atoms with Crippen LogP contribution in [0.2, 0.25) is 0 Å². The highest BCUT2D eigenvalue weighted by molar-refractivity contribution is 6.11. The van der Waals surface area contributed by atoms with Gasteiger partial charge in [0.25, 0.3) is 0 Å². The molecule has 0 saturated heterocycles. The molecular weight excluding hydrogens is 990 g/mol. The number of hydrogen-bond acceptors (Lipinski definition) is 5. The zero-order chi connectivity index (χ0) is 47.8. The first kappa shape index (κ1) is 52.0. The van der Waals surface area contributed by atoms with E-state index in [2.05, 4.69) is 159 Å². The molecule has 8 aromatic rings. The number of rotatable bonds is 14. The summed E-state index contributed by atoms with van der Waals surface area (Å²) in [5.41, 5.74) is 4.26. The summed E-state index contributed by atoms with van der Waals surface area (Å²) in [6.45, 7) is 11.4. The second-order valence-corrected chi connectivity index (χ2v) is 19.4. The SMILES string of the molecule is CCCCCCCC[N+]1(CCCCCCCC)CCOc2ccc3ccccc3c2-c2c(ccc3ccccc23)OCCOCCOc2ccc3ccccc3c2-c2c(ccc3ccccc23)OCC1.[I-]. The fraction of sp³-hybridized carbons (Fsp3) is 0.375. The molecule has 8 aromatic carbocycles. The Balaban J connectivity index is 0.00000676. The van der Waals surface area contributed by atoms with Crippen LogP contribution in [0.5, 0.6) is 23.0 Å². The Kier molecular flexibility index (Phi) is 19.3. The molecule has 1 aliphatic rings. The van der Waals surface area contributed by atoms with Crippen LogP contribution in [0.25, 0.3) is 65.3 Å². The zero-order valence-corrected chi connectivity index (χ0v) is 44.4. The maximum atomic E-state index is 7.22. The molecule has 0 amide bonds. The van der Waals surface area contributed by atoms with E-state index in [-0.39, 0.29) is 24.0 Å². The first-order chi connectivity index (χ1) is 34.7. The molecule has 0 radical (unpaired) electrons. The highest BCUT2D eigenvalue weighted by Crippen LogP contribution is 2.47. The first-order valence-corrected chi connectivity index (χ1v) is 26.7. The average molecular weight is 1060 g/mol. The van der Waals surface area contributed by atoms with E-state index in [9.17, 15) is 0 Å². The second-order valence-electron chi connectivity index (χ2n) is 19.4. The molecule has 0 bridgehead atoms. The number of nitrogens with zero attached hydrogens (tertiary/aromatic N) is 1. The van der Waals surface area contributed by atoms with Crippen LogP contribution < -0.4 is 42.9 Å². The van der Waals surface area contributed by atoms with E-state index in [1.807, 2.05) is 0 Å². The summed E-state index contributed by atoms with van der Waals surface area (Å²) in [5, 5.41) is 9.24. The molecule has 71 heavy (non-hydrogen) atoms. The molecule has 0 unspecified atom stereocenters. The van der Waals surface area contributed by atoms with Crippen LogP contribution >= 0.6 is 0 Å². The molecule has 6 nitrogen and oxygen atoms in total. The van der Waals surface area contributed by atoms with Crippen molar-refractivity contribution in [1.29, 1.82) is 0 Å². The first-order valence-electron chi connectivity index (χ1n) is 26.7. The van der Waals surface area contributed by atoms with Crippen molar-refractivity contribution in [2.24, 2.45) is 0 Å². The van der Waals surface area contributed by atoms with Crippen LogP contribution in [0.1, 0.15) is 90.9 Å². The monoisotopic (exact) mass is 1060 g/mol. The third-order valence-electron chi connectivity index (χ3n) is 14.7. The van der Waals surface area contributed by atoms with Crippen molar-refractivity contribution in [3.63, 3.8) is 0 Å². The topological polar surface area (TPSA) is 46.2 Å². The lowest BCUT2D eigenvalue weighted by Crippen LogP contribution is -3.00. The van der Waals surface area contributed by atoms with Gasteiger partial charge in [-0.1, -0.05) is 187 Å². The Morgan fingerprint density at radius 1 is 0.324 bits per heavy atom. The Hall–Kier alpha value is -5.35. The van der Waals surface area contributed by atoms with Crippen molar-refractivity contribution in [3.05, 3.63) is 146 Å². The Labute approximate surface area is 440 Å². The fourth-order valence-electron chi connectivity index (χ4n) is 10.9. The van der Waals surface area contributed by atoms with E-state index in [1.165, 1.54) is 87.8 Å². The van der Waals surface area contributed by atoms with Crippen LogP contribution in [0, 0.1) is 0 Å². The quantitative estimate of drug-likeness (QED) is 0.0617. The summed E-state index contributed by atoms with van der Waals surface area (Å²) in [5.74, 6) is 3.41. The van der Waals surface area contributed by atoms with Crippen LogP contribution in [0.3, 0.4) is 0 Å². The molecule has 1 heterocycles. The summed E-state index contributed by atoms with van der Waals surface area (Å²) in [6.07, 6.45) is 15.2. The van der Waals surface area contributed by atoms with Crippen LogP contribution in [-0.2, 0) is 4.74 Å². The third kappa shape index (κ3) is 12.8. The highest BCUT2D eigenvalue weighted by atomic mass is 127. The minimum Gasteiger partial charge on any atom is -1.00 e. The van der Waals surface area contributed by atoms with Gasteiger partial charge in [-0.3, -0.25) is 0 Å². The maximum Gasteiger partial charge on any atom is 0.137 e. The van der Waals surface area contributed by atoms with Gasteiger partial charge >= 0.3 is 0 Å². The molecule has 0 saturated carbocycles. The van der Waals surface area contributed by atoms with Crippen molar-refractivity contribution >= 4 is 43.1 Å². The van der Waals surface area contributed by atoms with Crippen molar-refractivity contribution in [1.82, 2.24) is 0 Å². The van der Waals surface area contributed by atoms with Crippen molar-refractivity contribution < 1.29 is 52.1 Å². The van der Waals surface area contributed by atoms with Gasteiger partial charge < -0.3 is 52.1 Å². The van der Waals surface area contributed by atoms with Crippen molar-refractivity contribution in [2.45, 2.75) is 90.9 Å². The van der Waals surface area contributed by atoms with Crippen LogP contribution in [0.4, 0.5) is 0 Å². The molecule has 1 aliphatic heterocycles. The van der Waals surface area contributed by atoms with Gasteiger partial charge in [-0.25, -0.2) is 0 Å². The number of hydrogen-bond donors (Lipinski definition) is 0. The summed E-state index contributed by atoms with van der Waals surface area (Å²) in [6, 6.07) is 52.0. The van der Waals surface area contributed by atoms with Crippen LogP contribution in [0.15, 0.2) is 146 Å². The molecular formula is C64H74INO5. The van der Waals surface area contributed by atoms with Gasteiger partial charge in [0.1, 0.15) is 62.5 Å². The molecule has 9 rings (SSSR count). The molecule has 0 atom stereocenters. The maximum absolute atomic E-state index is 7.22. The molecule has 7 heteroatoms. The Bertz CT molecular complexity index is 2750. The predicted octanol–water partition coefficient (Wildman–Crippen LogP) is 13.4. The molecule has 372 valence electrons. The molecule has 0 spiro atoms. The predicted molar refractivity (Wildman–Crippen MR) is 293 cm³/mol. The Morgan fingerprint density at radius 3 is 0.958 bits per heavy atom. The number of halogens is 1. The van der Waals surface area contributed by atoms with Gasteiger partial charge in [-0.15, -0.1) is 0 Å². The van der Waals surface area contributed by atoms with Crippen LogP contribution in [-0.4, -0.2) is 70.3 Å². The molecule has 0 aromatic heterocycles. The van der Waals surface area contributed by atoms with E-state index in [0.717, 1.165) is 108 Å². The van der Waals surface area contributed by atoms with Gasteiger partial charge in [-0.2, -0.15) is 0 Å². The largest absolute Gasteiger partial charge is 1.00 e.